The first-order chi connectivity index (χ1) is 15.1. The van der Waals surface area contributed by atoms with Crippen LogP contribution in [-0.2, 0) is 19.1 Å². The Morgan fingerprint density at radius 1 is 1.34 bits per heavy atom. The molecule has 4 aliphatic carbocycles. The lowest BCUT2D eigenvalue weighted by atomic mass is 9.46. The minimum absolute atomic E-state index is 0.00344. The molecule has 1 heterocycles. The van der Waals surface area contributed by atoms with Crippen LogP contribution in [0.4, 0.5) is 0 Å². The Morgan fingerprint density at radius 2 is 2.09 bits per heavy atom. The third kappa shape index (κ3) is 2.66. The Hall–Kier alpha value is -1.38. The zero-order valence-corrected chi connectivity index (χ0v) is 19.0. The van der Waals surface area contributed by atoms with Gasteiger partial charge in [-0.2, -0.15) is 0 Å². The SMILES string of the molecule is CCC(O)C1O[C@@H]2C[C@H]3[C@@H]4CCC5=CC(=O)C=C[C@]5(C)[C@H]4[C@@H](O)C[C@]3(C)[C@]2(C(=O)CO)O1. The van der Waals surface area contributed by atoms with Crippen LogP contribution in [0.25, 0.3) is 0 Å². The second-order valence-corrected chi connectivity index (χ2v) is 10.9. The van der Waals surface area contributed by atoms with Crippen molar-refractivity contribution in [1.29, 1.82) is 0 Å². The van der Waals surface area contributed by atoms with E-state index in [4.69, 9.17) is 9.47 Å². The van der Waals surface area contributed by atoms with E-state index in [1.165, 1.54) is 0 Å². The summed E-state index contributed by atoms with van der Waals surface area (Å²) in [6.07, 6.45) is 5.18. The molecule has 176 valence electrons. The number of fused-ring (bicyclic) bond motifs is 7. The van der Waals surface area contributed by atoms with E-state index in [1.807, 2.05) is 19.9 Å². The standard InChI is InChI=1S/C25H34O7/c1-4-17(28)22-31-20-10-16-15-6-5-13-9-14(27)7-8-23(13,2)21(15)18(29)11-24(16,3)25(20,32-22)19(30)12-26/h7-9,15-18,20-22,26,28-29H,4-6,10-12H2,1-3H3/t15-,16-,17?,18-,20+,21+,22?,23-,24-,25+/m0/s1. The summed E-state index contributed by atoms with van der Waals surface area (Å²) in [5.41, 5.74) is -1.43. The number of carbonyl (C=O) groups is 2. The molecule has 1 saturated heterocycles. The summed E-state index contributed by atoms with van der Waals surface area (Å²) in [6.45, 7) is 5.25. The van der Waals surface area contributed by atoms with Crippen LogP contribution >= 0.6 is 0 Å². The van der Waals surface area contributed by atoms with Crippen LogP contribution in [0.3, 0.4) is 0 Å². The van der Waals surface area contributed by atoms with Crippen molar-refractivity contribution in [3.63, 3.8) is 0 Å². The maximum atomic E-state index is 13.3. The summed E-state index contributed by atoms with van der Waals surface area (Å²) >= 11 is 0. The minimum Gasteiger partial charge on any atom is -0.393 e. The lowest BCUT2D eigenvalue weighted by Gasteiger charge is -2.59. The second kappa shape index (κ2) is 7.31. The van der Waals surface area contributed by atoms with Gasteiger partial charge in [-0.3, -0.25) is 9.59 Å². The highest BCUT2D eigenvalue weighted by Crippen LogP contribution is 2.69. The van der Waals surface area contributed by atoms with Crippen molar-refractivity contribution >= 4 is 11.6 Å². The molecule has 0 aromatic rings. The molecule has 5 rings (SSSR count). The number of Topliss-reactive ketones (excluding diaryl/α,β-unsaturated/α-hetero) is 1. The fourth-order valence-electron chi connectivity index (χ4n) is 8.08. The molecule has 3 saturated carbocycles. The van der Waals surface area contributed by atoms with Gasteiger partial charge in [0.2, 0.25) is 0 Å². The molecule has 7 heteroatoms. The third-order valence-corrected chi connectivity index (χ3v) is 9.55. The molecular weight excluding hydrogens is 412 g/mol. The fraction of sp³-hybridized carbons (Fsp3) is 0.760. The summed E-state index contributed by atoms with van der Waals surface area (Å²) in [5, 5.41) is 31.8. The van der Waals surface area contributed by atoms with Gasteiger partial charge in [0.05, 0.1) is 12.2 Å². The van der Waals surface area contributed by atoms with Crippen molar-refractivity contribution in [1.82, 2.24) is 0 Å². The largest absolute Gasteiger partial charge is 0.393 e. The lowest BCUT2D eigenvalue weighted by Crippen LogP contribution is -2.63. The number of rotatable bonds is 4. The quantitative estimate of drug-likeness (QED) is 0.602. The first-order valence-corrected chi connectivity index (χ1v) is 11.9. The summed E-state index contributed by atoms with van der Waals surface area (Å²) in [7, 11) is 0. The van der Waals surface area contributed by atoms with E-state index in [0.717, 1.165) is 18.4 Å². The number of hydrogen-bond acceptors (Lipinski definition) is 7. The van der Waals surface area contributed by atoms with Gasteiger partial charge < -0.3 is 24.8 Å². The molecule has 4 fully saturated rings. The number of hydrogen-bond donors (Lipinski definition) is 3. The predicted molar refractivity (Wildman–Crippen MR) is 114 cm³/mol. The number of allylic oxidation sites excluding steroid dienone is 4. The smallest absolute Gasteiger partial charge is 0.193 e. The normalized spacial score (nSPS) is 50.2. The van der Waals surface area contributed by atoms with E-state index in [2.05, 4.69) is 6.92 Å². The molecule has 10 atom stereocenters. The average Bonchev–Trinajstić information content (AvgIpc) is 3.26. The first kappa shape index (κ1) is 22.4. The number of ketones is 2. The Labute approximate surface area is 188 Å². The van der Waals surface area contributed by atoms with Crippen molar-refractivity contribution in [3.8, 4) is 0 Å². The first-order valence-electron chi connectivity index (χ1n) is 11.9. The number of ether oxygens (including phenoxy) is 2. The molecule has 5 aliphatic rings. The fourth-order valence-corrected chi connectivity index (χ4v) is 8.08. The number of aliphatic hydroxyl groups is 3. The van der Waals surface area contributed by atoms with Crippen LogP contribution in [0, 0.1) is 28.6 Å². The van der Waals surface area contributed by atoms with Crippen LogP contribution in [0.5, 0.6) is 0 Å². The Kier molecular flexibility index (Phi) is 5.12. The summed E-state index contributed by atoms with van der Waals surface area (Å²) in [5.74, 6) is -0.326. The van der Waals surface area contributed by atoms with Crippen molar-refractivity contribution in [2.24, 2.45) is 28.6 Å². The third-order valence-electron chi connectivity index (χ3n) is 9.55. The van der Waals surface area contributed by atoms with Crippen molar-refractivity contribution in [3.05, 3.63) is 23.8 Å². The Bertz CT molecular complexity index is 895. The average molecular weight is 447 g/mol. The van der Waals surface area contributed by atoms with Crippen molar-refractivity contribution in [2.45, 2.75) is 83.1 Å². The Morgan fingerprint density at radius 3 is 2.78 bits per heavy atom. The zero-order chi connectivity index (χ0) is 23.1. The molecule has 7 nitrogen and oxygen atoms in total. The molecule has 0 spiro atoms. The molecule has 0 radical (unpaired) electrons. The summed E-state index contributed by atoms with van der Waals surface area (Å²) < 4.78 is 12.4. The molecule has 0 amide bonds. The van der Waals surface area contributed by atoms with Gasteiger partial charge in [0.25, 0.3) is 0 Å². The van der Waals surface area contributed by atoms with Crippen LogP contribution in [0.1, 0.15) is 52.9 Å². The van der Waals surface area contributed by atoms with Gasteiger partial charge in [-0.1, -0.05) is 32.4 Å². The lowest BCUT2D eigenvalue weighted by molar-refractivity contribution is -0.215. The number of carbonyl (C=O) groups excluding carboxylic acids is 2. The van der Waals surface area contributed by atoms with Crippen LogP contribution in [0.2, 0.25) is 0 Å². The van der Waals surface area contributed by atoms with E-state index in [-0.39, 0.29) is 23.5 Å². The highest BCUT2D eigenvalue weighted by atomic mass is 16.8. The van der Waals surface area contributed by atoms with E-state index < -0.39 is 53.4 Å². The van der Waals surface area contributed by atoms with Crippen molar-refractivity contribution < 1.29 is 34.4 Å². The molecule has 0 aromatic heterocycles. The topological polar surface area (TPSA) is 113 Å². The summed E-state index contributed by atoms with van der Waals surface area (Å²) in [6, 6.07) is 0. The van der Waals surface area contributed by atoms with E-state index in [9.17, 15) is 24.9 Å². The van der Waals surface area contributed by atoms with Gasteiger partial charge in [-0.05, 0) is 56.1 Å². The van der Waals surface area contributed by atoms with E-state index in [0.29, 0.717) is 19.3 Å². The maximum absolute atomic E-state index is 13.3. The monoisotopic (exact) mass is 446 g/mol. The van der Waals surface area contributed by atoms with Gasteiger partial charge >= 0.3 is 0 Å². The summed E-state index contributed by atoms with van der Waals surface area (Å²) in [4.78, 5) is 25.2. The highest BCUT2D eigenvalue weighted by molar-refractivity contribution is 6.01. The van der Waals surface area contributed by atoms with E-state index in [1.54, 1.807) is 12.2 Å². The molecule has 2 unspecified atom stereocenters. The highest BCUT2D eigenvalue weighted by Gasteiger charge is 2.76. The van der Waals surface area contributed by atoms with E-state index >= 15 is 0 Å². The predicted octanol–water partition coefficient (Wildman–Crippen LogP) is 1.69. The molecule has 0 bridgehead atoms. The molecule has 3 N–H and O–H groups in total. The van der Waals surface area contributed by atoms with Gasteiger partial charge in [-0.25, -0.2) is 0 Å². The maximum Gasteiger partial charge on any atom is 0.193 e. The van der Waals surface area contributed by atoms with Gasteiger partial charge in [0.1, 0.15) is 12.7 Å². The minimum atomic E-state index is -1.38. The van der Waals surface area contributed by atoms with Gasteiger partial charge in [0, 0.05) is 16.7 Å². The Balaban J connectivity index is 1.55. The molecule has 1 aliphatic heterocycles. The van der Waals surface area contributed by atoms with Crippen molar-refractivity contribution in [2.75, 3.05) is 6.61 Å². The second-order valence-electron chi connectivity index (χ2n) is 10.9. The van der Waals surface area contributed by atoms with Crippen LogP contribution < -0.4 is 0 Å². The zero-order valence-electron chi connectivity index (χ0n) is 19.0. The van der Waals surface area contributed by atoms with Gasteiger partial charge in [0.15, 0.2) is 23.5 Å². The van der Waals surface area contributed by atoms with Crippen LogP contribution in [-0.4, -0.2) is 63.7 Å². The molecule has 32 heavy (non-hydrogen) atoms. The molecule has 0 aromatic carbocycles. The number of aliphatic hydroxyl groups excluding tert-OH is 3. The van der Waals surface area contributed by atoms with Gasteiger partial charge in [-0.15, -0.1) is 0 Å². The molecular formula is C25H34O7. The van der Waals surface area contributed by atoms with Crippen LogP contribution in [0.15, 0.2) is 23.8 Å².